The van der Waals surface area contributed by atoms with E-state index in [2.05, 4.69) is 0 Å². The van der Waals surface area contributed by atoms with Crippen LogP contribution in [-0.2, 0) is 19.6 Å². The van der Waals surface area contributed by atoms with Crippen LogP contribution >= 0.6 is 0 Å². The van der Waals surface area contributed by atoms with Gasteiger partial charge in [-0.25, -0.2) is 12.4 Å². The molecule has 1 unspecified atom stereocenters. The minimum atomic E-state index is -3.89. The van der Waals surface area contributed by atoms with E-state index < -0.39 is 21.9 Å². The molecule has 0 radical (unpaired) electrons. The predicted molar refractivity (Wildman–Crippen MR) is 104 cm³/mol. The molecule has 0 saturated carbocycles. The lowest BCUT2D eigenvalue weighted by Crippen LogP contribution is -2.13. The topological polar surface area (TPSA) is 83.8 Å². The van der Waals surface area contributed by atoms with Crippen LogP contribution in [0.5, 0.6) is 11.5 Å². The predicted octanol–water partition coefficient (Wildman–Crippen LogP) is 3.17. The third-order valence-corrected chi connectivity index (χ3v) is 6.33. The summed E-state index contributed by atoms with van der Waals surface area (Å²) in [7, 11) is 0.445. The normalized spacial score (nSPS) is 12.6. The molecule has 0 saturated heterocycles. The van der Waals surface area contributed by atoms with E-state index >= 15 is 0 Å². The Morgan fingerprint density at radius 3 is 2.14 bits per heavy atom. The van der Waals surface area contributed by atoms with Crippen LogP contribution in [-0.4, -0.2) is 39.7 Å². The quantitative estimate of drug-likeness (QED) is 0.588. The average Bonchev–Trinajstić information content (AvgIpc) is 3.12. The fourth-order valence-electron chi connectivity index (χ4n) is 3.04. The smallest absolute Gasteiger partial charge is 0.312 e. The Morgan fingerprint density at radius 1 is 0.964 bits per heavy atom. The van der Waals surface area contributed by atoms with Crippen LogP contribution in [0.25, 0.3) is 10.9 Å². The molecule has 0 amide bonds. The van der Waals surface area contributed by atoms with E-state index in [4.69, 9.17) is 14.2 Å². The van der Waals surface area contributed by atoms with Crippen LogP contribution in [0, 0.1) is 0 Å². The molecular formula is C20H21NO6S. The Hall–Kier alpha value is -3.00. The molecule has 3 rings (SSSR count). The first kappa shape index (κ1) is 19.8. The Kier molecular flexibility index (Phi) is 5.33. The lowest BCUT2D eigenvalue weighted by Gasteiger charge is -2.09. The van der Waals surface area contributed by atoms with E-state index in [0.29, 0.717) is 28.0 Å². The van der Waals surface area contributed by atoms with E-state index in [1.165, 1.54) is 43.6 Å². The molecule has 1 heterocycles. The maximum atomic E-state index is 13.3. The van der Waals surface area contributed by atoms with Crippen molar-refractivity contribution in [1.29, 1.82) is 0 Å². The van der Waals surface area contributed by atoms with Crippen LogP contribution in [0.2, 0.25) is 0 Å². The fraction of sp³-hybridized carbons (Fsp3) is 0.250. The zero-order valence-electron chi connectivity index (χ0n) is 16.0. The number of hydrogen-bond donors (Lipinski definition) is 0. The van der Waals surface area contributed by atoms with Crippen molar-refractivity contribution in [3.63, 3.8) is 0 Å². The van der Waals surface area contributed by atoms with Crippen molar-refractivity contribution in [2.24, 2.45) is 0 Å². The van der Waals surface area contributed by atoms with Gasteiger partial charge in [0.25, 0.3) is 10.0 Å². The molecule has 0 spiro atoms. The SMILES string of the molecule is COC(=O)C(C)c1cn(S(=O)(=O)c2ccc(OC)cc2)c2ccc(OC)cc12. The summed E-state index contributed by atoms with van der Waals surface area (Å²) in [4.78, 5) is 12.2. The molecule has 0 aliphatic rings. The maximum absolute atomic E-state index is 13.3. The van der Waals surface area contributed by atoms with Crippen LogP contribution < -0.4 is 9.47 Å². The number of ether oxygens (including phenoxy) is 3. The van der Waals surface area contributed by atoms with Crippen LogP contribution in [0.1, 0.15) is 18.4 Å². The van der Waals surface area contributed by atoms with Gasteiger partial charge < -0.3 is 14.2 Å². The second-order valence-corrected chi connectivity index (χ2v) is 8.00. The number of fused-ring (bicyclic) bond motifs is 1. The number of aromatic nitrogens is 1. The van der Waals surface area contributed by atoms with Gasteiger partial charge in [0.2, 0.25) is 0 Å². The number of esters is 1. The van der Waals surface area contributed by atoms with E-state index in [1.54, 1.807) is 37.3 Å². The van der Waals surface area contributed by atoms with Crippen LogP contribution in [0.3, 0.4) is 0 Å². The summed E-state index contributed by atoms with van der Waals surface area (Å²) in [6.07, 6.45) is 1.46. The van der Waals surface area contributed by atoms with Crippen molar-refractivity contribution in [1.82, 2.24) is 3.97 Å². The molecule has 1 aromatic heterocycles. The van der Waals surface area contributed by atoms with Crippen molar-refractivity contribution in [2.45, 2.75) is 17.7 Å². The lowest BCUT2D eigenvalue weighted by atomic mass is 10.0. The standard InChI is InChI=1S/C20H21NO6S/c1-13(20(22)27-4)18-12-21(19-10-7-15(26-3)11-17(18)19)28(23,24)16-8-5-14(25-2)6-9-16/h5-13H,1-4H3. The van der Waals surface area contributed by atoms with Gasteiger partial charge in [-0.1, -0.05) is 0 Å². The van der Waals surface area contributed by atoms with Gasteiger partial charge in [-0.3, -0.25) is 4.79 Å². The highest BCUT2D eigenvalue weighted by Gasteiger charge is 2.26. The van der Waals surface area contributed by atoms with Gasteiger partial charge in [-0.15, -0.1) is 0 Å². The van der Waals surface area contributed by atoms with Crippen molar-refractivity contribution in [3.8, 4) is 11.5 Å². The Labute approximate surface area is 163 Å². The van der Waals surface area contributed by atoms with E-state index in [-0.39, 0.29) is 4.90 Å². The molecule has 0 aliphatic carbocycles. The van der Waals surface area contributed by atoms with Gasteiger partial charge in [0, 0.05) is 11.6 Å². The largest absolute Gasteiger partial charge is 0.497 e. The van der Waals surface area contributed by atoms with E-state index in [0.717, 1.165) is 0 Å². The molecule has 0 bridgehead atoms. The molecule has 0 N–H and O–H groups in total. The highest BCUT2D eigenvalue weighted by Crippen LogP contribution is 2.33. The maximum Gasteiger partial charge on any atom is 0.312 e. The average molecular weight is 403 g/mol. The second-order valence-electron chi connectivity index (χ2n) is 6.19. The zero-order valence-corrected chi connectivity index (χ0v) is 16.8. The number of benzene rings is 2. The molecule has 148 valence electrons. The number of carbonyl (C=O) groups is 1. The van der Waals surface area contributed by atoms with Crippen molar-refractivity contribution >= 4 is 26.9 Å². The number of methoxy groups -OCH3 is 3. The highest BCUT2D eigenvalue weighted by molar-refractivity contribution is 7.90. The third kappa shape index (κ3) is 3.31. The molecule has 0 aliphatic heterocycles. The van der Waals surface area contributed by atoms with Gasteiger partial charge >= 0.3 is 5.97 Å². The number of rotatable bonds is 6. The molecule has 3 aromatic rings. The Balaban J connectivity index is 2.24. The Bertz CT molecular complexity index is 1120. The summed E-state index contributed by atoms with van der Waals surface area (Å²) in [6, 6.07) is 11.2. The first-order valence-corrected chi connectivity index (χ1v) is 9.94. The van der Waals surface area contributed by atoms with Crippen molar-refractivity contribution < 1.29 is 27.4 Å². The van der Waals surface area contributed by atoms with Gasteiger partial charge in [0.05, 0.1) is 37.7 Å². The van der Waals surface area contributed by atoms with E-state index in [1.807, 2.05) is 0 Å². The van der Waals surface area contributed by atoms with Gasteiger partial charge in [-0.2, -0.15) is 0 Å². The van der Waals surface area contributed by atoms with Gasteiger partial charge in [0.15, 0.2) is 0 Å². The van der Waals surface area contributed by atoms with Gasteiger partial charge in [0.1, 0.15) is 11.5 Å². The first-order valence-electron chi connectivity index (χ1n) is 8.50. The summed E-state index contributed by atoms with van der Waals surface area (Å²) >= 11 is 0. The first-order chi connectivity index (χ1) is 13.3. The summed E-state index contributed by atoms with van der Waals surface area (Å²) in [5.41, 5.74) is 0.986. The molecule has 7 nitrogen and oxygen atoms in total. The molecule has 8 heteroatoms. The number of carbonyl (C=O) groups excluding carboxylic acids is 1. The number of nitrogens with zero attached hydrogens (tertiary/aromatic N) is 1. The minimum Gasteiger partial charge on any atom is -0.497 e. The monoisotopic (exact) mass is 403 g/mol. The molecule has 28 heavy (non-hydrogen) atoms. The lowest BCUT2D eigenvalue weighted by molar-refractivity contribution is -0.141. The molecular weight excluding hydrogens is 382 g/mol. The van der Waals surface area contributed by atoms with Crippen molar-refractivity contribution in [2.75, 3.05) is 21.3 Å². The summed E-state index contributed by atoms with van der Waals surface area (Å²) in [5.74, 6) is 0.0158. The van der Waals surface area contributed by atoms with Crippen LogP contribution in [0.15, 0.2) is 53.6 Å². The summed E-state index contributed by atoms with van der Waals surface area (Å²) in [5, 5.41) is 0.606. The molecule has 1 atom stereocenters. The third-order valence-electron chi connectivity index (χ3n) is 4.65. The van der Waals surface area contributed by atoms with E-state index in [9.17, 15) is 13.2 Å². The summed E-state index contributed by atoms with van der Waals surface area (Å²) < 4.78 is 42.9. The second kappa shape index (κ2) is 7.55. The summed E-state index contributed by atoms with van der Waals surface area (Å²) in [6.45, 7) is 1.67. The Morgan fingerprint density at radius 2 is 1.57 bits per heavy atom. The minimum absolute atomic E-state index is 0.110. The van der Waals surface area contributed by atoms with Crippen LogP contribution in [0.4, 0.5) is 0 Å². The molecule has 2 aromatic carbocycles. The number of hydrogen-bond acceptors (Lipinski definition) is 6. The van der Waals surface area contributed by atoms with Crippen molar-refractivity contribution in [3.05, 3.63) is 54.2 Å². The zero-order chi connectivity index (χ0) is 20.5. The fourth-order valence-corrected chi connectivity index (χ4v) is 4.42. The highest BCUT2D eigenvalue weighted by atomic mass is 32.2. The van der Waals surface area contributed by atoms with Gasteiger partial charge in [-0.05, 0) is 55.0 Å². The molecule has 0 fully saturated rings.